The fourth-order valence-electron chi connectivity index (χ4n) is 1.48. The van der Waals surface area contributed by atoms with Gasteiger partial charge in [0, 0.05) is 10.7 Å². The molecule has 4 heteroatoms. The second kappa shape index (κ2) is 4.17. The molecule has 76 valence electrons. The van der Waals surface area contributed by atoms with E-state index in [-0.39, 0.29) is 12.1 Å². The van der Waals surface area contributed by atoms with Crippen LogP contribution >= 0.6 is 11.6 Å². The molecule has 2 unspecified atom stereocenters. The van der Waals surface area contributed by atoms with Gasteiger partial charge < -0.3 is 15.8 Å². The number of ether oxygens (including phenoxy) is 1. The summed E-state index contributed by atoms with van der Waals surface area (Å²) in [6.45, 7) is 1.30. The first-order chi connectivity index (χ1) is 6.75. The number of anilines is 1. The quantitative estimate of drug-likeness (QED) is 0.781. The Morgan fingerprint density at radius 1 is 1.29 bits per heavy atom. The zero-order valence-corrected chi connectivity index (χ0v) is 8.50. The van der Waals surface area contributed by atoms with Crippen molar-refractivity contribution in [1.82, 2.24) is 0 Å². The number of benzene rings is 1. The van der Waals surface area contributed by atoms with Crippen LogP contribution < -0.4 is 11.1 Å². The Morgan fingerprint density at radius 2 is 2.00 bits per heavy atom. The summed E-state index contributed by atoms with van der Waals surface area (Å²) in [7, 11) is 0. The Balaban J connectivity index is 2.00. The molecule has 3 N–H and O–H groups in total. The zero-order valence-electron chi connectivity index (χ0n) is 7.74. The fourth-order valence-corrected chi connectivity index (χ4v) is 1.61. The van der Waals surface area contributed by atoms with E-state index < -0.39 is 0 Å². The van der Waals surface area contributed by atoms with Crippen LogP contribution in [0.4, 0.5) is 5.69 Å². The van der Waals surface area contributed by atoms with E-state index in [4.69, 9.17) is 22.1 Å². The first-order valence-electron chi connectivity index (χ1n) is 4.61. The van der Waals surface area contributed by atoms with E-state index in [0.29, 0.717) is 13.2 Å². The molecule has 1 aromatic carbocycles. The summed E-state index contributed by atoms with van der Waals surface area (Å²) in [5, 5.41) is 4.05. The number of hydrogen-bond acceptors (Lipinski definition) is 3. The number of rotatable bonds is 2. The van der Waals surface area contributed by atoms with Gasteiger partial charge in [-0.05, 0) is 24.3 Å². The van der Waals surface area contributed by atoms with E-state index in [0.717, 1.165) is 10.7 Å². The molecule has 0 radical (unpaired) electrons. The van der Waals surface area contributed by atoms with Crippen molar-refractivity contribution in [3.05, 3.63) is 29.3 Å². The topological polar surface area (TPSA) is 47.3 Å². The lowest BCUT2D eigenvalue weighted by Gasteiger charge is -2.16. The lowest BCUT2D eigenvalue weighted by atomic mass is 10.2. The van der Waals surface area contributed by atoms with Gasteiger partial charge in [0.2, 0.25) is 0 Å². The zero-order chi connectivity index (χ0) is 9.97. The lowest BCUT2D eigenvalue weighted by Crippen LogP contribution is -2.38. The Bertz CT molecular complexity index is 301. The van der Waals surface area contributed by atoms with E-state index in [1.807, 2.05) is 24.3 Å². The van der Waals surface area contributed by atoms with Gasteiger partial charge in [-0.2, -0.15) is 0 Å². The van der Waals surface area contributed by atoms with E-state index in [1.54, 1.807) is 0 Å². The average molecular weight is 213 g/mol. The summed E-state index contributed by atoms with van der Waals surface area (Å²) in [5.41, 5.74) is 6.87. The van der Waals surface area contributed by atoms with Crippen LogP contribution in [0.5, 0.6) is 0 Å². The van der Waals surface area contributed by atoms with E-state index in [1.165, 1.54) is 0 Å². The van der Waals surface area contributed by atoms with Gasteiger partial charge in [0.15, 0.2) is 0 Å². The molecule has 2 rings (SSSR count). The molecule has 14 heavy (non-hydrogen) atoms. The first-order valence-corrected chi connectivity index (χ1v) is 4.99. The number of nitrogens with one attached hydrogen (secondary N) is 1. The molecule has 0 spiro atoms. The monoisotopic (exact) mass is 212 g/mol. The van der Waals surface area contributed by atoms with Gasteiger partial charge >= 0.3 is 0 Å². The van der Waals surface area contributed by atoms with Gasteiger partial charge in [0.25, 0.3) is 0 Å². The van der Waals surface area contributed by atoms with Crippen molar-refractivity contribution in [1.29, 1.82) is 0 Å². The average Bonchev–Trinajstić information content (AvgIpc) is 2.56. The van der Waals surface area contributed by atoms with Crippen molar-refractivity contribution in [3.8, 4) is 0 Å². The summed E-state index contributed by atoms with van der Waals surface area (Å²) < 4.78 is 5.25. The minimum atomic E-state index is 0.0747. The van der Waals surface area contributed by atoms with E-state index in [9.17, 15) is 0 Å². The van der Waals surface area contributed by atoms with Crippen molar-refractivity contribution in [2.24, 2.45) is 5.73 Å². The van der Waals surface area contributed by atoms with Gasteiger partial charge in [0.1, 0.15) is 0 Å². The van der Waals surface area contributed by atoms with Gasteiger partial charge in [-0.3, -0.25) is 0 Å². The summed E-state index contributed by atoms with van der Waals surface area (Å²) in [5.74, 6) is 0. The Kier molecular flexibility index (Phi) is 2.91. The predicted molar refractivity (Wildman–Crippen MR) is 57.7 cm³/mol. The summed E-state index contributed by atoms with van der Waals surface area (Å²) in [4.78, 5) is 0. The maximum atomic E-state index is 5.84. The molecule has 0 aliphatic carbocycles. The number of hydrogen-bond donors (Lipinski definition) is 2. The highest BCUT2D eigenvalue weighted by Gasteiger charge is 2.24. The molecule has 1 saturated heterocycles. The SMILES string of the molecule is NC1COCC1Nc1ccc(Cl)cc1. The number of halogens is 1. The highest BCUT2D eigenvalue weighted by atomic mass is 35.5. The largest absolute Gasteiger partial charge is 0.378 e. The van der Waals surface area contributed by atoms with E-state index >= 15 is 0 Å². The molecular formula is C10H13ClN2O. The molecule has 2 atom stereocenters. The normalized spacial score (nSPS) is 26.4. The van der Waals surface area contributed by atoms with Gasteiger partial charge in [-0.25, -0.2) is 0 Å². The van der Waals surface area contributed by atoms with Crippen molar-refractivity contribution >= 4 is 17.3 Å². The fraction of sp³-hybridized carbons (Fsp3) is 0.400. The van der Waals surface area contributed by atoms with Crippen molar-refractivity contribution in [2.45, 2.75) is 12.1 Å². The van der Waals surface area contributed by atoms with Crippen LogP contribution in [-0.2, 0) is 4.74 Å². The molecule has 0 amide bonds. The third-order valence-corrected chi connectivity index (χ3v) is 2.57. The minimum absolute atomic E-state index is 0.0747. The van der Waals surface area contributed by atoms with Crippen molar-refractivity contribution in [2.75, 3.05) is 18.5 Å². The molecule has 1 aliphatic heterocycles. The Hall–Kier alpha value is -0.770. The Labute approximate surface area is 88.2 Å². The van der Waals surface area contributed by atoms with Crippen LogP contribution in [0.15, 0.2) is 24.3 Å². The van der Waals surface area contributed by atoms with E-state index in [2.05, 4.69) is 5.32 Å². The maximum Gasteiger partial charge on any atom is 0.0684 e. The third kappa shape index (κ3) is 2.18. The standard InChI is InChI=1S/C10H13ClN2O/c11-7-1-3-8(4-2-7)13-10-6-14-5-9(10)12/h1-4,9-10,13H,5-6,12H2. The molecule has 1 aliphatic rings. The second-order valence-electron chi connectivity index (χ2n) is 3.46. The van der Waals surface area contributed by atoms with Crippen LogP contribution in [-0.4, -0.2) is 25.3 Å². The van der Waals surface area contributed by atoms with Crippen molar-refractivity contribution < 1.29 is 4.74 Å². The highest BCUT2D eigenvalue weighted by molar-refractivity contribution is 6.30. The summed E-state index contributed by atoms with van der Waals surface area (Å²) in [6.07, 6.45) is 0. The molecular weight excluding hydrogens is 200 g/mol. The highest BCUT2D eigenvalue weighted by Crippen LogP contribution is 2.16. The second-order valence-corrected chi connectivity index (χ2v) is 3.90. The predicted octanol–water partition coefficient (Wildman–Crippen LogP) is 1.48. The van der Waals surface area contributed by atoms with Gasteiger partial charge in [-0.1, -0.05) is 11.6 Å². The maximum absolute atomic E-state index is 5.84. The van der Waals surface area contributed by atoms with Crippen LogP contribution in [0.1, 0.15) is 0 Å². The molecule has 3 nitrogen and oxygen atoms in total. The van der Waals surface area contributed by atoms with Crippen LogP contribution in [0.2, 0.25) is 5.02 Å². The molecule has 1 aromatic rings. The smallest absolute Gasteiger partial charge is 0.0684 e. The van der Waals surface area contributed by atoms with Crippen LogP contribution in [0.3, 0.4) is 0 Å². The first kappa shape index (κ1) is 9.77. The molecule has 1 heterocycles. The van der Waals surface area contributed by atoms with Crippen LogP contribution in [0.25, 0.3) is 0 Å². The summed E-state index contributed by atoms with van der Waals surface area (Å²) in [6, 6.07) is 7.86. The third-order valence-electron chi connectivity index (χ3n) is 2.32. The van der Waals surface area contributed by atoms with Crippen LogP contribution in [0, 0.1) is 0 Å². The van der Waals surface area contributed by atoms with Gasteiger partial charge in [0.05, 0.1) is 25.3 Å². The molecule has 0 saturated carbocycles. The Morgan fingerprint density at radius 3 is 2.57 bits per heavy atom. The number of nitrogens with two attached hydrogens (primary N) is 1. The van der Waals surface area contributed by atoms with Gasteiger partial charge in [-0.15, -0.1) is 0 Å². The minimum Gasteiger partial charge on any atom is -0.378 e. The lowest BCUT2D eigenvalue weighted by molar-refractivity contribution is 0.192. The van der Waals surface area contributed by atoms with Crippen molar-refractivity contribution in [3.63, 3.8) is 0 Å². The molecule has 0 bridgehead atoms. The molecule has 0 aromatic heterocycles. The molecule has 1 fully saturated rings. The summed E-state index contributed by atoms with van der Waals surface area (Å²) >= 11 is 5.78.